The quantitative estimate of drug-likeness (QED) is 0.0779. The molecular weight excluding hydrogens is 606 g/mol. The first-order chi connectivity index (χ1) is 23.4. The summed E-state index contributed by atoms with van der Waals surface area (Å²) >= 11 is 0. The summed E-state index contributed by atoms with van der Waals surface area (Å²) in [5, 5.41) is 17.1. The Kier molecular flexibility index (Phi) is 12.3. The Morgan fingerprint density at radius 1 is 0.875 bits per heavy atom. The SMILES string of the molecule is CCN(NCc1ccc(O)cc1)C(=O)c1cccc(C(=O)CNCCN2CCC(OC(=O)Nc3ccccc3-c3ccccc3)CC2)c1. The van der Waals surface area contributed by atoms with Crippen LogP contribution in [-0.2, 0) is 11.3 Å². The minimum Gasteiger partial charge on any atom is -0.508 e. The molecule has 0 unspecified atom stereocenters. The van der Waals surface area contributed by atoms with Crippen molar-refractivity contribution >= 4 is 23.5 Å². The number of Topliss-reactive ketones (excluding diaryl/α,β-unsaturated/α-hetero) is 1. The number of carbonyl (C=O) groups is 3. The molecule has 1 aliphatic heterocycles. The number of ether oxygens (including phenoxy) is 1. The van der Waals surface area contributed by atoms with Gasteiger partial charge in [0.25, 0.3) is 5.91 Å². The number of phenolic OH excluding ortho intramolecular Hbond substituents is 1. The van der Waals surface area contributed by atoms with Crippen LogP contribution in [-0.4, -0.2) is 78.2 Å². The topological polar surface area (TPSA) is 123 Å². The molecule has 10 heteroatoms. The molecular formula is C38H43N5O5. The molecule has 10 nitrogen and oxygen atoms in total. The predicted octanol–water partition coefficient (Wildman–Crippen LogP) is 5.71. The normalized spacial score (nSPS) is 13.5. The minimum atomic E-state index is -0.449. The van der Waals surface area contributed by atoms with Gasteiger partial charge in [-0.3, -0.25) is 19.9 Å². The summed E-state index contributed by atoms with van der Waals surface area (Å²) in [4.78, 5) is 41.1. The second-order valence-corrected chi connectivity index (χ2v) is 11.7. The highest BCUT2D eigenvalue weighted by atomic mass is 16.6. The van der Waals surface area contributed by atoms with E-state index in [-0.39, 0.29) is 30.1 Å². The molecule has 4 aromatic carbocycles. The lowest BCUT2D eigenvalue weighted by molar-refractivity contribution is 0.0592. The zero-order valence-corrected chi connectivity index (χ0v) is 27.2. The van der Waals surface area contributed by atoms with Gasteiger partial charge in [0.2, 0.25) is 0 Å². The van der Waals surface area contributed by atoms with E-state index in [9.17, 15) is 19.5 Å². The van der Waals surface area contributed by atoms with E-state index in [1.165, 1.54) is 5.01 Å². The Morgan fingerprint density at radius 2 is 1.58 bits per heavy atom. The van der Waals surface area contributed by atoms with Gasteiger partial charge >= 0.3 is 6.09 Å². The molecule has 0 aromatic heterocycles. The molecule has 0 spiro atoms. The lowest BCUT2D eigenvalue weighted by Gasteiger charge is -2.31. The third-order valence-electron chi connectivity index (χ3n) is 8.35. The Balaban J connectivity index is 1.01. The van der Waals surface area contributed by atoms with Crippen LogP contribution in [0.2, 0.25) is 0 Å². The van der Waals surface area contributed by atoms with Crippen molar-refractivity contribution in [1.29, 1.82) is 0 Å². The molecule has 0 bridgehead atoms. The number of ketones is 1. The maximum Gasteiger partial charge on any atom is 0.411 e. The first kappa shape index (κ1) is 34.3. The number of nitrogens with one attached hydrogen (secondary N) is 3. The highest BCUT2D eigenvalue weighted by Crippen LogP contribution is 2.28. The van der Waals surface area contributed by atoms with Crippen molar-refractivity contribution in [3.8, 4) is 16.9 Å². The van der Waals surface area contributed by atoms with Crippen LogP contribution in [0.1, 0.15) is 46.0 Å². The number of phenols is 1. The van der Waals surface area contributed by atoms with E-state index < -0.39 is 6.09 Å². The number of amides is 2. The summed E-state index contributed by atoms with van der Waals surface area (Å²) in [5.74, 6) is -0.119. The van der Waals surface area contributed by atoms with Gasteiger partial charge in [-0.05, 0) is 61.2 Å². The Morgan fingerprint density at radius 3 is 2.33 bits per heavy atom. The molecule has 48 heavy (non-hydrogen) atoms. The third-order valence-corrected chi connectivity index (χ3v) is 8.35. The molecule has 0 atom stereocenters. The van der Waals surface area contributed by atoms with E-state index in [0.717, 1.165) is 49.2 Å². The molecule has 1 saturated heterocycles. The molecule has 2 amide bonds. The Labute approximate surface area is 281 Å². The standard InChI is InChI=1S/C38H43N5O5/c1-2-43(40-26-28-15-17-32(44)18-16-28)37(46)31-12-8-11-30(25-31)36(45)27-39-21-24-42-22-19-33(20-23-42)48-38(47)41-35-14-7-6-13-34(35)29-9-4-3-5-10-29/h3-18,25,33,39-40,44H,2,19-24,26-27H2,1H3,(H,41,47). The van der Waals surface area contributed by atoms with Crippen LogP contribution in [0.25, 0.3) is 11.1 Å². The summed E-state index contributed by atoms with van der Waals surface area (Å²) in [6.07, 6.45) is 0.884. The predicted molar refractivity (Wildman–Crippen MR) is 187 cm³/mol. The Bertz CT molecular complexity index is 1660. The number of likely N-dealkylation sites (tertiary alicyclic amines) is 1. The fourth-order valence-electron chi connectivity index (χ4n) is 5.65. The van der Waals surface area contributed by atoms with Gasteiger partial charge in [0.05, 0.1) is 12.2 Å². The molecule has 5 rings (SSSR count). The molecule has 1 aliphatic rings. The second kappa shape index (κ2) is 17.2. The Hall–Kier alpha value is -5.03. The molecule has 0 aliphatic carbocycles. The maximum atomic E-state index is 13.2. The maximum absolute atomic E-state index is 13.2. The van der Waals surface area contributed by atoms with E-state index in [0.29, 0.717) is 36.4 Å². The average Bonchev–Trinajstić information content (AvgIpc) is 3.12. The highest BCUT2D eigenvalue weighted by Gasteiger charge is 2.23. The molecule has 4 aromatic rings. The first-order valence-corrected chi connectivity index (χ1v) is 16.4. The zero-order chi connectivity index (χ0) is 33.7. The van der Waals surface area contributed by atoms with E-state index in [1.54, 1.807) is 48.5 Å². The number of hydrazine groups is 1. The molecule has 1 fully saturated rings. The molecule has 250 valence electrons. The lowest BCUT2D eigenvalue weighted by atomic mass is 10.0. The molecule has 1 heterocycles. The van der Waals surface area contributed by atoms with E-state index >= 15 is 0 Å². The molecule has 0 radical (unpaired) electrons. The van der Waals surface area contributed by atoms with Crippen molar-refractivity contribution in [2.24, 2.45) is 0 Å². The third kappa shape index (κ3) is 9.74. The van der Waals surface area contributed by atoms with Crippen LogP contribution in [0, 0.1) is 0 Å². The van der Waals surface area contributed by atoms with E-state index in [4.69, 9.17) is 4.74 Å². The first-order valence-electron chi connectivity index (χ1n) is 16.4. The fourth-order valence-corrected chi connectivity index (χ4v) is 5.65. The van der Waals surface area contributed by atoms with Crippen LogP contribution in [0.15, 0.2) is 103 Å². The summed E-state index contributed by atoms with van der Waals surface area (Å²) in [6.45, 7) is 5.91. The van der Waals surface area contributed by atoms with Crippen LogP contribution in [0.5, 0.6) is 5.75 Å². The summed E-state index contributed by atoms with van der Waals surface area (Å²) in [6, 6.07) is 31.2. The van der Waals surface area contributed by atoms with Gasteiger partial charge in [0, 0.05) is 56.0 Å². The number of hydrogen-bond acceptors (Lipinski definition) is 8. The van der Waals surface area contributed by atoms with Crippen LogP contribution < -0.4 is 16.1 Å². The monoisotopic (exact) mass is 649 g/mol. The van der Waals surface area contributed by atoms with Crippen molar-refractivity contribution in [3.63, 3.8) is 0 Å². The molecule has 0 saturated carbocycles. The summed E-state index contributed by atoms with van der Waals surface area (Å²) < 4.78 is 5.75. The van der Waals surface area contributed by atoms with Crippen LogP contribution in [0.4, 0.5) is 10.5 Å². The van der Waals surface area contributed by atoms with Gasteiger partial charge in [-0.15, -0.1) is 0 Å². The van der Waals surface area contributed by atoms with Crippen LogP contribution >= 0.6 is 0 Å². The van der Waals surface area contributed by atoms with Crippen molar-refractivity contribution in [2.75, 3.05) is 44.6 Å². The number of carbonyl (C=O) groups excluding carboxylic acids is 3. The number of piperidine rings is 1. The van der Waals surface area contributed by atoms with Gasteiger partial charge in [-0.1, -0.05) is 72.8 Å². The van der Waals surface area contributed by atoms with Gasteiger partial charge < -0.3 is 20.1 Å². The van der Waals surface area contributed by atoms with Crippen molar-refractivity contribution in [1.82, 2.24) is 20.7 Å². The van der Waals surface area contributed by atoms with Gasteiger partial charge in [-0.25, -0.2) is 10.2 Å². The fraction of sp³-hybridized carbons (Fsp3) is 0.289. The van der Waals surface area contributed by atoms with Crippen LogP contribution in [0.3, 0.4) is 0 Å². The number of benzene rings is 4. The van der Waals surface area contributed by atoms with Gasteiger partial charge in [0.1, 0.15) is 11.9 Å². The minimum absolute atomic E-state index is 0.0864. The van der Waals surface area contributed by atoms with Gasteiger partial charge in [-0.2, -0.15) is 0 Å². The lowest BCUT2D eigenvalue weighted by Crippen LogP contribution is -2.42. The molecule has 4 N–H and O–H groups in total. The van der Waals surface area contributed by atoms with Crippen molar-refractivity contribution in [2.45, 2.75) is 32.4 Å². The second-order valence-electron chi connectivity index (χ2n) is 11.7. The number of anilines is 1. The zero-order valence-electron chi connectivity index (χ0n) is 27.2. The largest absolute Gasteiger partial charge is 0.508 e. The number of para-hydroxylation sites is 1. The average molecular weight is 650 g/mol. The smallest absolute Gasteiger partial charge is 0.411 e. The summed E-state index contributed by atoms with van der Waals surface area (Å²) in [7, 11) is 0. The van der Waals surface area contributed by atoms with Crippen molar-refractivity contribution in [3.05, 3.63) is 120 Å². The number of hydrogen-bond donors (Lipinski definition) is 4. The van der Waals surface area contributed by atoms with Crippen molar-refractivity contribution < 1.29 is 24.2 Å². The number of nitrogens with zero attached hydrogens (tertiary/aromatic N) is 2. The van der Waals surface area contributed by atoms with Gasteiger partial charge in [0.15, 0.2) is 5.78 Å². The van der Waals surface area contributed by atoms with E-state index in [2.05, 4.69) is 21.0 Å². The summed E-state index contributed by atoms with van der Waals surface area (Å²) in [5.41, 5.74) is 7.64. The highest BCUT2D eigenvalue weighted by molar-refractivity contribution is 6.01. The number of aromatic hydroxyl groups is 1. The number of rotatable bonds is 14. The van der Waals surface area contributed by atoms with E-state index in [1.807, 2.05) is 61.5 Å².